The van der Waals surface area contributed by atoms with Gasteiger partial charge >= 0.3 is 5.69 Å². The summed E-state index contributed by atoms with van der Waals surface area (Å²) in [6.07, 6.45) is 0. The molecule has 19 heavy (non-hydrogen) atoms. The summed E-state index contributed by atoms with van der Waals surface area (Å²) >= 11 is 17.4. The fourth-order valence-electron chi connectivity index (χ4n) is 1.60. The number of aryl methyl sites for hydroxylation is 1. The molecule has 1 aromatic heterocycles. The summed E-state index contributed by atoms with van der Waals surface area (Å²) in [7, 11) is 0. The summed E-state index contributed by atoms with van der Waals surface area (Å²) in [5, 5.41) is 11.7. The van der Waals surface area contributed by atoms with Gasteiger partial charge in [0.15, 0.2) is 5.69 Å². The zero-order chi connectivity index (χ0) is 14.2. The Kier molecular flexibility index (Phi) is 3.89. The Morgan fingerprint density at radius 2 is 1.84 bits per heavy atom. The van der Waals surface area contributed by atoms with Gasteiger partial charge in [-0.2, -0.15) is 0 Å². The second-order valence-electron chi connectivity index (χ2n) is 3.66. The number of nitrogens with zero attached hydrogens (tertiary/aromatic N) is 3. The third-order valence-corrected chi connectivity index (χ3v) is 3.31. The van der Waals surface area contributed by atoms with Crippen molar-refractivity contribution in [3.05, 3.63) is 49.3 Å². The van der Waals surface area contributed by atoms with Crippen molar-refractivity contribution in [2.24, 2.45) is 0 Å². The lowest BCUT2D eigenvalue weighted by molar-refractivity contribution is -0.385. The van der Waals surface area contributed by atoms with Crippen LogP contribution in [0.5, 0.6) is 0 Å². The maximum absolute atomic E-state index is 11.1. The standard InChI is InChI=1S/C11H6Cl3N3O2/c1-5-10(17(18)19)9(16-11(14)15-5)6-2-3-7(12)8(13)4-6/h2-4H,1H3. The Morgan fingerprint density at radius 1 is 1.16 bits per heavy atom. The van der Waals surface area contributed by atoms with Gasteiger partial charge in [-0.25, -0.2) is 9.97 Å². The van der Waals surface area contributed by atoms with Gasteiger partial charge in [0, 0.05) is 5.56 Å². The number of hydrogen-bond acceptors (Lipinski definition) is 4. The molecule has 0 unspecified atom stereocenters. The van der Waals surface area contributed by atoms with Crippen LogP contribution in [-0.2, 0) is 0 Å². The van der Waals surface area contributed by atoms with E-state index < -0.39 is 4.92 Å². The maximum atomic E-state index is 11.1. The number of halogens is 3. The summed E-state index contributed by atoms with van der Waals surface area (Å²) in [6.45, 7) is 1.49. The van der Waals surface area contributed by atoms with E-state index in [2.05, 4.69) is 9.97 Å². The first-order valence-electron chi connectivity index (χ1n) is 5.04. The van der Waals surface area contributed by atoms with Crippen LogP contribution in [0.15, 0.2) is 18.2 Å². The minimum atomic E-state index is -0.552. The summed E-state index contributed by atoms with van der Waals surface area (Å²) in [6, 6.07) is 4.61. The van der Waals surface area contributed by atoms with Gasteiger partial charge in [0.25, 0.3) is 0 Å². The minimum Gasteiger partial charge on any atom is -0.258 e. The van der Waals surface area contributed by atoms with Crippen molar-refractivity contribution in [2.45, 2.75) is 6.92 Å². The van der Waals surface area contributed by atoms with Gasteiger partial charge in [-0.3, -0.25) is 10.1 Å². The third-order valence-electron chi connectivity index (χ3n) is 2.41. The van der Waals surface area contributed by atoms with E-state index in [1.54, 1.807) is 6.07 Å². The average Bonchev–Trinajstić information content (AvgIpc) is 2.31. The Labute approximate surface area is 123 Å². The monoisotopic (exact) mass is 317 g/mol. The summed E-state index contributed by atoms with van der Waals surface area (Å²) in [4.78, 5) is 18.2. The first-order valence-corrected chi connectivity index (χ1v) is 6.17. The summed E-state index contributed by atoms with van der Waals surface area (Å²) in [5.41, 5.74) is 0.545. The smallest absolute Gasteiger partial charge is 0.258 e. The second kappa shape index (κ2) is 5.28. The molecule has 0 N–H and O–H groups in total. The lowest BCUT2D eigenvalue weighted by Crippen LogP contribution is -2.01. The first kappa shape index (κ1) is 14.0. The normalized spacial score (nSPS) is 10.5. The van der Waals surface area contributed by atoms with Gasteiger partial charge in [0.05, 0.1) is 15.0 Å². The van der Waals surface area contributed by atoms with Crippen molar-refractivity contribution in [1.29, 1.82) is 0 Å². The van der Waals surface area contributed by atoms with Crippen molar-refractivity contribution in [1.82, 2.24) is 9.97 Å². The van der Waals surface area contributed by atoms with Crippen LogP contribution in [-0.4, -0.2) is 14.9 Å². The molecule has 0 fully saturated rings. The van der Waals surface area contributed by atoms with Crippen LogP contribution < -0.4 is 0 Å². The number of nitro groups is 1. The van der Waals surface area contributed by atoms with Crippen LogP contribution in [0, 0.1) is 17.0 Å². The Balaban J connectivity index is 2.73. The lowest BCUT2D eigenvalue weighted by Gasteiger charge is -2.06. The van der Waals surface area contributed by atoms with E-state index in [-0.39, 0.29) is 27.4 Å². The molecule has 1 heterocycles. The largest absolute Gasteiger partial charge is 0.316 e. The van der Waals surface area contributed by atoms with E-state index in [4.69, 9.17) is 34.8 Å². The molecule has 5 nitrogen and oxygen atoms in total. The van der Waals surface area contributed by atoms with Crippen molar-refractivity contribution >= 4 is 40.5 Å². The van der Waals surface area contributed by atoms with Crippen LogP contribution >= 0.6 is 34.8 Å². The fraction of sp³-hybridized carbons (Fsp3) is 0.0909. The first-order chi connectivity index (χ1) is 8.90. The highest BCUT2D eigenvalue weighted by Gasteiger charge is 2.23. The molecule has 0 saturated carbocycles. The molecule has 0 aliphatic rings. The molecule has 0 aliphatic heterocycles. The highest BCUT2D eigenvalue weighted by molar-refractivity contribution is 6.42. The number of hydrogen-bond donors (Lipinski definition) is 0. The predicted molar refractivity (Wildman–Crippen MR) is 73.9 cm³/mol. The van der Waals surface area contributed by atoms with Crippen LogP contribution in [0.4, 0.5) is 5.69 Å². The number of benzene rings is 1. The van der Waals surface area contributed by atoms with E-state index >= 15 is 0 Å². The average molecular weight is 319 g/mol. The van der Waals surface area contributed by atoms with Crippen molar-refractivity contribution < 1.29 is 4.92 Å². The fourth-order valence-corrected chi connectivity index (χ4v) is 2.11. The number of rotatable bonds is 2. The molecular formula is C11H6Cl3N3O2. The van der Waals surface area contributed by atoms with Crippen LogP contribution in [0.25, 0.3) is 11.3 Å². The highest BCUT2D eigenvalue weighted by Crippen LogP contribution is 2.34. The van der Waals surface area contributed by atoms with Crippen molar-refractivity contribution in [2.75, 3.05) is 0 Å². The number of aromatic nitrogens is 2. The van der Waals surface area contributed by atoms with E-state index in [9.17, 15) is 10.1 Å². The maximum Gasteiger partial charge on any atom is 0.316 e. The van der Waals surface area contributed by atoms with Gasteiger partial charge < -0.3 is 0 Å². The Hall–Kier alpha value is -1.43. The highest BCUT2D eigenvalue weighted by atomic mass is 35.5. The topological polar surface area (TPSA) is 68.9 Å². The molecule has 98 valence electrons. The zero-order valence-electron chi connectivity index (χ0n) is 9.52. The van der Waals surface area contributed by atoms with E-state index in [1.165, 1.54) is 19.1 Å². The van der Waals surface area contributed by atoms with Crippen LogP contribution in [0.3, 0.4) is 0 Å². The molecular weight excluding hydrogens is 312 g/mol. The van der Waals surface area contributed by atoms with Gasteiger partial charge in [-0.05, 0) is 30.7 Å². The predicted octanol–water partition coefficient (Wildman–Crippen LogP) is 4.32. The quantitative estimate of drug-likeness (QED) is 0.470. The van der Waals surface area contributed by atoms with Gasteiger partial charge in [-0.1, -0.05) is 29.3 Å². The van der Waals surface area contributed by atoms with Crippen LogP contribution in [0.1, 0.15) is 5.69 Å². The van der Waals surface area contributed by atoms with Gasteiger partial charge in [0.1, 0.15) is 5.69 Å². The molecule has 8 heteroatoms. The van der Waals surface area contributed by atoms with Crippen molar-refractivity contribution in [3.8, 4) is 11.3 Å². The second-order valence-corrected chi connectivity index (χ2v) is 4.81. The molecule has 0 atom stereocenters. The van der Waals surface area contributed by atoms with Gasteiger partial charge in [-0.15, -0.1) is 0 Å². The zero-order valence-corrected chi connectivity index (χ0v) is 11.8. The molecule has 0 radical (unpaired) electrons. The molecule has 0 aliphatic carbocycles. The lowest BCUT2D eigenvalue weighted by atomic mass is 10.1. The molecule has 0 spiro atoms. The third kappa shape index (κ3) is 2.78. The SMILES string of the molecule is Cc1nc(Cl)nc(-c2ccc(Cl)c(Cl)c2)c1[N+](=O)[O-]. The molecule has 2 rings (SSSR count). The van der Waals surface area contributed by atoms with E-state index in [1.807, 2.05) is 0 Å². The van der Waals surface area contributed by atoms with E-state index in [0.717, 1.165) is 0 Å². The van der Waals surface area contributed by atoms with Crippen molar-refractivity contribution in [3.63, 3.8) is 0 Å². The van der Waals surface area contributed by atoms with E-state index in [0.29, 0.717) is 10.6 Å². The van der Waals surface area contributed by atoms with Gasteiger partial charge in [0.2, 0.25) is 5.28 Å². The molecule has 1 aromatic carbocycles. The van der Waals surface area contributed by atoms with Crippen LogP contribution in [0.2, 0.25) is 15.3 Å². The molecule has 0 amide bonds. The Morgan fingerprint density at radius 3 is 2.42 bits per heavy atom. The molecule has 0 bridgehead atoms. The molecule has 0 saturated heterocycles. The molecule has 2 aromatic rings. The summed E-state index contributed by atoms with van der Waals surface area (Å²) < 4.78 is 0. The summed E-state index contributed by atoms with van der Waals surface area (Å²) in [5.74, 6) is 0. The minimum absolute atomic E-state index is 0.0656. The Bertz CT molecular complexity index is 676.